The van der Waals surface area contributed by atoms with Crippen molar-refractivity contribution in [3.8, 4) is 0 Å². The number of hydrogen-bond donors (Lipinski definition) is 1. The molecule has 2 aromatic heterocycles. The lowest BCUT2D eigenvalue weighted by Gasteiger charge is -2.01. The summed E-state index contributed by atoms with van der Waals surface area (Å²) < 4.78 is 1.98. The van der Waals surface area contributed by atoms with Crippen LogP contribution in [0.25, 0.3) is 5.52 Å². The Morgan fingerprint density at radius 2 is 2.29 bits per heavy atom. The van der Waals surface area contributed by atoms with E-state index in [9.17, 15) is 4.79 Å². The number of carbonyl (C=O) groups excluding carboxylic acids is 1. The Morgan fingerprint density at radius 1 is 1.43 bits per heavy atom. The minimum Gasteiger partial charge on any atom is -0.324 e. The van der Waals surface area contributed by atoms with E-state index in [0.29, 0.717) is 6.54 Å². The lowest BCUT2D eigenvalue weighted by Crippen LogP contribution is -2.18. The Labute approximate surface area is 82.4 Å². The Kier molecular flexibility index (Phi) is 2.33. The summed E-state index contributed by atoms with van der Waals surface area (Å²) in [5.41, 5.74) is 1.80. The van der Waals surface area contributed by atoms with Gasteiger partial charge in [-0.3, -0.25) is 4.79 Å². The monoisotopic (exact) mass is 188 g/mol. The van der Waals surface area contributed by atoms with Crippen LogP contribution in [0.2, 0.25) is 0 Å². The summed E-state index contributed by atoms with van der Waals surface area (Å²) in [5, 5.41) is 2.85. The van der Waals surface area contributed by atoms with Crippen molar-refractivity contribution >= 4 is 11.3 Å². The summed E-state index contributed by atoms with van der Waals surface area (Å²) in [5.74, 6) is 0.121. The highest BCUT2D eigenvalue weighted by Crippen LogP contribution is 2.08. The Bertz CT molecular complexity index is 459. The predicted octanol–water partition coefficient (Wildman–Crippen LogP) is 1.34. The van der Waals surface area contributed by atoms with Crippen LogP contribution in [0.5, 0.6) is 0 Å². The average Bonchev–Trinajstić information content (AvgIpc) is 2.64. The van der Waals surface area contributed by atoms with E-state index in [1.807, 2.05) is 41.1 Å². The quantitative estimate of drug-likeness (QED) is 0.737. The Morgan fingerprint density at radius 3 is 3.07 bits per heavy atom. The van der Waals surface area contributed by atoms with Crippen LogP contribution in [-0.2, 0) is 0 Å². The zero-order chi connectivity index (χ0) is 9.97. The average molecular weight is 188 g/mol. The second-order valence-corrected chi connectivity index (χ2v) is 3.21. The highest BCUT2D eigenvalue weighted by molar-refractivity contribution is 5.98. The van der Waals surface area contributed by atoms with Crippen molar-refractivity contribution in [3.05, 3.63) is 42.2 Å². The molecular weight excluding hydrogens is 176 g/mol. The first kappa shape index (κ1) is 8.97. The number of likely N-dealkylation sites (N-methyl/N-ethyl adjacent to an activating group) is 1. The normalized spacial score (nSPS) is 10.6. The van der Waals surface area contributed by atoms with Crippen molar-refractivity contribution in [1.82, 2.24) is 9.72 Å². The molecular formula is C11H12N2O. The van der Waals surface area contributed by atoms with E-state index in [-0.39, 0.29) is 5.78 Å². The molecule has 0 fully saturated rings. The molecule has 0 spiro atoms. The smallest absolute Gasteiger partial charge is 0.176 e. The minimum atomic E-state index is 0.121. The van der Waals surface area contributed by atoms with Crippen molar-refractivity contribution in [2.24, 2.45) is 0 Å². The molecule has 0 aromatic carbocycles. The number of ketones is 1. The SMILES string of the molecule is CNCC(=O)c1ccn2cccc2c1. The van der Waals surface area contributed by atoms with Gasteiger partial charge in [0.15, 0.2) is 5.78 Å². The third kappa shape index (κ3) is 1.54. The fourth-order valence-electron chi connectivity index (χ4n) is 1.47. The number of carbonyl (C=O) groups is 1. The molecule has 2 aromatic rings. The van der Waals surface area contributed by atoms with Gasteiger partial charge < -0.3 is 9.72 Å². The van der Waals surface area contributed by atoms with Gasteiger partial charge >= 0.3 is 0 Å². The molecule has 0 aliphatic heterocycles. The number of aromatic nitrogens is 1. The van der Waals surface area contributed by atoms with E-state index in [4.69, 9.17) is 0 Å². The molecule has 0 aliphatic rings. The van der Waals surface area contributed by atoms with Crippen LogP contribution in [0, 0.1) is 0 Å². The second-order valence-electron chi connectivity index (χ2n) is 3.21. The van der Waals surface area contributed by atoms with Crippen LogP contribution in [0.15, 0.2) is 36.7 Å². The first-order valence-electron chi connectivity index (χ1n) is 4.56. The number of hydrogen-bond acceptors (Lipinski definition) is 2. The molecule has 2 rings (SSSR count). The van der Waals surface area contributed by atoms with Gasteiger partial charge in [0.1, 0.15) is 0 Å². The van der Waals surface area contributed by atoms with Crippen LogP contribution in [0.4, 0.5) is 0 Å². The van der Waals surface area contributed by atoms with E-state index in [1.54, 1.807) is 7.05 Å². The fraction of sp³-hybridized carbons (Fsp3) is 0.182. The molecule has 14 heavy (non-hydrogen) atoms. The maximum absolute atomic E-state index is 11.5. The van der Waals surface area contributed by atoms with E-state index >= 15 is 0 Å². The topological polar surface area (TPSA) is 33.5 Å². The molecule has 0 radical (unpaired) electrons. The molecule has 0 amide bonds. The van der Waals surface area contributed by atoms with Crippen LogP contribution in [-0.4, -0.2) is 23.8 Å². The van der Waals surface area contributed by atoms with Crippen LogP contribution in [0.1, 0.15) is 10.4 Å². The highest BCUT2D eigenvalue weighted by atomic mass is 16.1. The molecule has 1 N–H and O–H groups in total. The third-order valence-corrected chi connectivity index (χ3v) is 2.19. The molecule has 0 atom stereocenters. The summed E-state index contributed by atoms with van der Waals surface area (Å²) >= 11 is 0. The first-order chi connectivity index (χ1) is 6.81. The number of fused-ring (bicyclic) bond motifs is 1. The summed E-state index contributed by atoms with van der Waals surface area (Å²) in [4.78, 5) is 11.5. The van der Waals surface area contributed by atoms with Crippen molar-refractivity contribution < 1.29 is 4.79 Å². The van der Waals surface area contributed by atoms with Crippen molar-refractivity contribution in [2.75, 3.05) is 13.6 Å². The minimum absolute atomic E-state index is 0.121. The summed E-state index contributed by atoms with van der Waals surface area (Å²) in [6, 6.07) is 7.68. The fourth-order valence-corrected chi connectivity index (χ4v) is 1.47. The number of Topliss-reactive ketones (excluding diaryl/α,β-unsaturated/α-hetero) is 1. The van der Waals surface area contributed by atoms with Gasteiger partial charge in [-0.1, -0.05) is 0 Å². The van der Waals surface area contributed by atoms with Crippen LogP contribution < -0.4 is 5.32 Å². The van der Waals surface area contributed by atoms with E-state index in [0.717, 1.165) is 11.1 Å². The molecule has 3 heteroatoms. The zero-order valence-electron chi connectivity index (χ0n) is 8.03. The van der Waals surface area contributed by atoms with Gasteiger partial charge in [0, 0.05) is 23.5 Å². The summed E-state index contributed by atoms with van der Waals surface area (Å²) in [6.45, 7) is 0.386. The molecule has 3 nitrogen and oxygen atoms in total. The lowest BCUT2D eigenvalue weighted by molar-refractivity contribution is 0.0993. The summed E-state index contributed by atoms with van der Waals surface area (Å²) in [7, 11) is 1.77. The largest absolute Gasteiger partial charge is 0.324 e. The van der Waals surface area contributed by atoms with Gasteiger partial charge in [-0.05, 0) is 31.3 Å². The molecule has 72 valence electrons. The van der Waals surface area contributed by atoms with Crippen LogP contribution in [0.3, 0.4) is 0 Å². The van der Waals surface area contributed by atoms with Gasteiger partial charge in [0.2, 0.25) is 0 Å². The van der Waals surface area contributed by atoms with Crippen LogP contribution >= 0.6 is 0 Å². The van der Waals surface area contributed by atoms with Crippen molar-refractivity contribution in [3.63, 3.8) is 0 Å². The molecule has 0 saturated heterocycles. The van der Waals surface area contributed by atoms with E-state index in [1.165, 1.54) is 0 Å². The molecule has 0 unspecified atom stereocenters. The Hall–Kier alpha value is -1.61. The first-order valence-corrected chi connectivity index (χ1v) is 4.56. The van der Waals surface area contributed by atoms with Gasteiger partial charge in [0.25, 0.3) is 0 Å². The maximum Gasteiger partial charge on any atom is 0.176 e. The predicted molar refractivity (Wildman–Crippen MR) is 55.7 cm³/mol. The third-order valence-electron chi connectivity index (χ3n) is 2.19. The van der Waals surface area contributed by atoms with Gasteiger partial charge in [-0.25, -0.2) is 0 Å². The van der Waals surface area contributed by atoms with Gasteiger partial charge in [0.05, 0.1) is 6.54 Å². The maximum atomic E-state index is 11.5. The molecule has 0 bridgehead atoms. The molecule has 0 aliphatic carbocycles. The Balaban J connectivity index is 2.38. The van der Waals surface area contributed by atoms with E-state index < -0.39 is 0 Å². The van der Waals surface area contributed by atoms with Crippen molar-refractivity contribution in [1.29, 1.82) is 0 Å². The number of nitrogens with one attached hydrogen (secondary N) is 1. The summed E-state index contributed by atoms with van der Waals surface area (Å²) in [6.07, 6.45) is 3.86. The molecule has 2 heterocycles. The zero-order valence-corrected chi connectivity index (χ0v) is 8.03. The highest BCUT2D eigenvalue weighted by Gasteiger charge is 2.04. The lowest BCUT2D eigenvalue weighted by atomic mass is 10.1. The number of nitrogens with zero attached hydrogens (tertiary/aromatic N) is 1. The van der Waals surface area contributed by atoms with Gasteiger partial charge in [-0.2, -0.15) is 0 Å². The van der Waals surface area contributed by atoms with Gasteiger partial charge in [-0.15, -0.1) is 0 Å². The standard InChI is InChI=1S/C11H12N2O/c1-12-8-11(14)9-4-6-13-5-2-3-10(13)7-9/h2-7,12H,8H2,1H3. The molecule has 0 saturated carbocycles. The number of rotatable bonds is 3. The number of pyridine rings is 1. The second kappa shape index (κ2) is 3.64. The van der Waals surface area contributed by atoms with E-state index in [2.05, 4.69) is 5.32 Å². The van der Waals surface area contributed by atoms with Crippen molar-refractivity contribution in [2.45, 2.75) is 0 Å².